The molecule has 1 rings (SSSR count). The molecule has 3 N–H and O–H groups in total. The van der Waals surface area contributed by atoms with Crippen LogP contribution >= 0.6 is 0 Å². The summed E-state index contributed by atoms with van der Waals surface area (Å²) in [4.78, 5) is 47.8. The molecule has 29 heavy (non-hydrogen) atoms. The van der Waals surface area contributed by atoms with Crippen molar-refractivity contribution in [2.24, 2.45) is 5.92 Å². The Morgan fingerprint density at radius 1 is 1.14 bits per heavy atom. The van der Waals surface area contributed by atoms with Crippen LogP contribution in [0.25, 0.3) is 0 Å². The molecule has 0 aliphatic heterocycles. The van der Waals surface area contributed by atoms with Gasteiger partial charge in [-0.25, -0.2) is 9.59 Å². The molecule has 0 aliphatic rings. The predicted molar refractivity (Wildman–Crippen MR) is 106 cm³/mol. The van der Waals surface area contributed by atoms with Crippen molar-refractivity contribution in [3.63, 3.8) is 0 Å². The molecular formula is C20H27N3O6. The summed E-state index contributed by atoms with van der Waals surface area (Å²) in [6.07, 6.45) is 1.45. The molecule has 0 spiro atoms. The van der Waals surface area contributed by atoms with Crippen LogP contribution in [0.5, 0.6) is 5.75 Å². The third-order valence-corrected chi connectivity index (χ3v) is 3.64. The van der Waals surface area contributed by atoms with Gasteiger partial charge in [-0.1, -0.05) is 19.9 Å². The molecule has 0 bridgehead atoms. The van der Waals surface area contributed by atoms with Crippen LogP contribution in [0.4, 0.5) is 4.79 Å². The fourth-order valence-electron chi connectivity index (χ4n) is 2.19. The van der Waals surface area contributed by atoms with Gasteiger partial charge in [-0.05, 0) is 37.1 Å². The Labute approximate surface area is 169 Å². The molecule has 0 radical (unpaired) electrons. The largest absolute Gasteiger partial charge is 0.494 e. The number of hydrogen-bond donors (Lipinski definition) is 3. The molecule has 0 aromatic heterocycles. The summed E-state index contributed by atoms with van der Waals surface area (Å²) >= 11 is 0. The number of rotatable bonds is 10. The average Bonchev–Trinajstić information content (AvgIpc) is 2.69. The third kappa shape index (κ3) is 8.46. The Morgan fingerprint density at radius 2 is 1.79 bits per heavy atom. The second-order valence-electron chi connectivity index (χ2n) is 6.31. The minimum atomic E-state index is -0.962. The fraction of sp³-hybridized carbons (Fsp3) is 0.400. The van der Waals surface area contributed by atoms with Crippen LogP contribution in [0.2, 0.25) is 0 Å². The zero-order valence-corrected chi connectivity index (χ0v) is 16.8. The van der Waals surface area contributed by atoms with Crippen LogP contribution in [-0.4, -0.2) is 49.6 Å². The normalized spacial score (nSPS) is 11.2. The van der Waals surface area contributed by atoms with Crippen LogP contribution in [0.3, 0.4) is 0 Å². The number of amides is 4. The summed E-state index contributed by atoms with van der Waals surface area (Å²) in [5, 5.41) is 6.96. The number of esters is 1. The van der Waals surface area contributed by atoms with Gasteiger partial charge in [0.2, 0.25) is 0 Å². The average molecular weight is 405 g/mol. The predicted octanol–water partition coefficient (Wildman–Crippen LogP) is 1.39. The molecular weight excluding hydrogens is 378 g/mol. The number of benzene rings is 1. The van der Waals surface area contributed by atoms with Gasteiger partial charge in [-0.3, -0.25) is 14.9 Å². The quantitative estimate of drug-likeness (QED) is 0.399. The van der Waals surface area contributed by atoms with E-state index in [1.165, 1.54) is 6.08 Å². The lowest BCUT2D eigenvalue weighted by atomic mass is 10.0. The molecule has 0 saturated carbocycles. The Hall–Kier alpha value is -3.36. The molecule has 0 unspecified atom stereocenters. The number of carbonyl (C=O) groups is 4. The standard InChI is InChI=1S/C20H27N3O6/c1-5-11-21-20(27)22-16(24)12-29-19(26)17(13(3)4)23-18(25)14-7-9-15(10-8-14)28-6-2/h5,7-10,13,17H,1,6,11-12H2,2-4H3,(H,23,25)(H2,21,22,24,27)/t17-/m0/s1. The van der Waals surface area contributed by atoms with Gasteiger partial charge in [0, 0.05) is 12.1 Å². The van der Waals surface area contributed by atoms with Gasteiger partial charge in [0.25, 0.3) is 11.8 Å². The lowest BCUT2D eigenvalue weighted by Crippen LogP contribution is -2.47. The molecule has 158 valence electrons. The highest BCUT2D eigenvalue weighted by Crippen LogP contribution is 2.13. The summed E-state index contributed by atoms with van der Waals surface area (Å²) in [5.41, 5.74) is 0.350. The third-order valence-electron chi connectivity index (χ3n) is 3.64. The van der Waals surface area contributed by atoms with Crippen LogP contribution < -0.4 is 20.7 Å². The van der Waals surface area contributed by atoms with Crippen molar-refractivity contribution in [2.45, 2.75) is 26.8 Å². The summed E-state index contributed by atoms with van der Waals surface area (Å²) in [6.45, 7) is 8.79. The van der Waals surface area contributed by atoms with E-state index in [1.807, 2.05) is 12.2 Å². The summed E-state index contributed by atoms with van der Waals surface area (Å²) in [5.74, 6) is -1.68. The van der Waals surface area contributed by atoms with Gasteiger partial charge in [0.15, 0.2) is 6.61 Å². The van der Waals surface area contributed by atoms with Crippen LogP contribution in [0.15, 0.2) is 36.9 Å². The van der Waals surface area contributed by atoms with Gasteiger partial charge < -0.3 is 20.1 Å². The molecule has 9 heteroatoms. The van der Waals surface area contributed by atoms with Gasteiger partial charge in [0.1, 0.15) is 11.8 Å². The lowest BCUT2D eigenvalue weighted by molar-refractivity contribution is -0.151. The van der Waals surface area contributed by atoms with Crippen molar-refractivity contribution in [1.82, 2.24) is 16.0 Å². The van der Waals surface area contributed by atoms with Crippen LogP contribution in [-0.2, 0) is 14.3 Å². The first-order valence-corrected chi connectivity index (χ1v) is 9.17. The molecule has 9 nitrogen and oxygen atoms in total. The van der Waals surface area contributed by atoms with Crippen molar-refractivity contribution in [1.29, 1.82) is 0 Å². The minimum absolute atomic E-state index is 0.186. The Bertz CT molecular complexity index is 730. The SMILES string of the molecule is C=CCNC(=O)NC(=O)COC(=O)[C@@H](NC(=O)c1ccc(OCC)cc1)C(C)C. The van der Waals surface area contributed by atoms with E-state index < -0.39 is 36.5 Å². The smallest absolute Gasteiger partial charge is 0.329 e. The highest BCUT2D eigenvalue weighted by molar-refractivity contribution is 5.98. The van der Waals surface area contributed by atoms with Crippen molar-refractivity contribution in [3.8, 4) is 5.75 Å². The number of urea groups is 1. The molecule has 1 aromatic carbocycles. The maximum absolute atomic E-state index is 12.4. The van der Waals surface area contributed by atoms with E-state index in [2.05, 4.69) is 17.2 Å². The molecule has 4 amide bonds. The van der Waals surface area contributed by atoms with E-state index in [0.717, 1.165) is 0 Å². The number of ether oxygens (including phenoxy) is 2. The second kappa shape index (κ2) is 12.2. The zero-order chi connectivity index (χ0) is 21.8. The van der Waals surface area contributed by atoms with E-state index >= 15 is 0 Å². The van der Waals surface area contributed by atoms with Gasteiger partial charge in [0.05, 0.1) is 6.61 Å². The van der Waals surface area contributed by atoms with Crippen molar-refractivity contribution in [3.05, 3.63) is 42.5 Å². The highest BCUT2D eigenvalue weighted by Gasteiger charge is 2.27. The Morgan fingerprint density at radius 3 is 2.34 bits per heavy atom. The van der Waals surface area contributed by atoms with E-state index in [-0.39, 0.29) is 12.5 Å². The van der Waals surface area contributed by atoms with E-state index in [9.17, 15) is 19.2 Å². The first-order valence-electron chi connectivity index (χ1n) is 9.17. The van der Waals surface area contributed by atoms with Crippen molar-refractivity contribution in [2.75, 3.05) is 19.8 Å². The minimum Gasteiger partial charge on any atom is -0.494 e. The maximum atomic E-state index is 12.4. The van der Waals surface area contributed by atoms with Gasteiger partial charge in [-0.15, -0.1) is 6.58 Å². The molecule has 0 saturated heterocycles. The molecule has 0 aliphatic carbocycles. The molecule has 1 aromatic rings. The zero-order valence-electron chi connectivity index (χ0n) is 16.8. The Kier molecular flexibility index (Phi) is 9.94. The van der Waals surface area contributed by atoms with E-state index in [4.69, 9.17) is 9.47 Å². The van der Waals surface area contributed by atoms with Gasteiger partial charge >= 0.3 is 12.0 Å². The Balaban J connectivity index is 2.61. The summed E-state index contributed by atoms with van der Waals surface area (Å²) in [7, 11) is 0. The topological polar surface area (TPSA) is 123 Å². The van der Waals surface area contributed by atoms with Crippen molar-refractivity contribution >= 4 is 23.8 Å². The van der Waals surface area contributed by atoms with Gasteiger partial charge in [-0.2, -0.15) is 0 Å². The second-order valence-corrected chi connectivity index (χ2v) is 6.31. The number of carbonyl (C=O) groups excluding carboxylic acids is 4. The number of hydrogen-bond acceptors (Lipinski definition) is 6. The summed E-state index contributed by atoms with van der Waals surface area (Å²) in [6, 6.07) is 4.79. The van der Waals surface area contributed by atoms with Crippen LogP contribution in [0, 0.1) is 5.92 Å². The first kappa shape index (κ1) is 23.7. The molecule has 0 fully saturated rings. The number of imide groups is 1. The van der Waals surface area contributed by atoms with Crippen molar-refractivity contribution < 1.29 is 28.7 Å². The maximum Gasteiger partial charge on any atom is 0.329 e. The fourth-order valence-corrected chi connectivity index (χ4v) is 2.19. The molecule has 1 atom stereocenters. The lowest BCUT2D eigenvalue weighted by Gasteiger charge is -2.20. The number of nitrogens with one attached hydrogen (secondary N) is 3. The van der Waals surface area contributed by atoms with Crippen LogP contribution in [0.1, 0.15) is 31.1 Å². The molecule has 0 heterocycles. The van der Waals surface area contributed by atoms with E-state index in [0.29, 0.717) is 17.9 Å². The first-order chi connectivity index (χ1) is 13.8. The van der Waals surface area contributed by atoms with E-state index in [1.54, 1.807) is 38.1 Å². The monoisotopic (exact) mass is 405 g/mol. The highest BCUT2D eigenvalue weighted by atomic mass is 16.5. The summed E-state index contributed by atoms with van der Waals surface area (Å²) < 4.78 is 10.3.